The molecule has 0 aliphatic rings. The van der Waals surface area contributed by atoms with Gasteiger partial charge in [-0.3, -0.25) is 4.79 Å². The Hall–Kier alpha value is -1.30. The molecule has 1 unspecified atom stereocenters. The molecule has 1 aromatic rings. The van der Waals surface area contributed by atoms with Gasteiger partial charge in [0, 0.05) is 13.0 Å². The minimum atomic E-state index is -0.743. The Balaban J connectivity index is 0.00000400. The van der Waals surface area contributed by atoms with Crippen LogP contribution in [0.5, 0.6) is 5.75 Å². The Morgan fingerprint density at radius 3 is 2.76 bits per heavy atom. The smallest absolute Gasteiger partial charge is 0.220 e. The van der Waals surface area contributed by atoms with E-state index in [9.17, 15) is 9.90 Å². The highest BCUT2D eigenvalue weighted by molar-refractivity contribution is 5.85. The maximum atomic E-state index is 11.4. The lowest BCUT2D eigenvalue weighted by Gasteiger charge is -2.15. The minimum absolute atomic E-state index is 0. The second-order valence-corrected chi connectivity index (χ2v) is 4.95. The quantitative estimate of drug-likeness (QED) is 0.682. The molecule has 21 heavy (non-hydrogen) atoms. The number of amides is 1. The molecule has 0 fully saturated rings. The molecule has 1 rings (SSSR count). The average molecular weight is 317 g/mol. The van der Waals surface area contributed by atoms with E-state index in [1.54, 1.807) is 6.07 Å². The molecule has 0 heterocycles. The molecule has 1 atom stereocenters. The third kappa shape index (κ3) is 7.90. The first-order valence-corrected chi connectivity index (χ1v) is 6.94. The molecule has 0 saturated carbocycles. The van der Waals surface area contributed by atoms with Crippen LogP contribution in [-0.4, -0.2) is 30.2 Å². The van der Waals surface area contributed by atoms with Crippen molar-refractivity contribution in [3.8, 4) is 5.75 Å². The van der Waals surface area contributed by atoms with Gasteiger partial charge in [0.15, 0.2) is 0 Å². The van der Waals surface area contributed by atoms with Crippen molar-refractivity contribution in [2.24, 2.45) is 5.73 Å². The molecule has 0 saturated heterocycles. The summed E-state index contributed by atoms with van der Waals surface area (Å²) in [6.07, 6.45) is 0.380. The van der Waals surface area contributed by atoms with Crippen molar-refractivity contribution in [2.75, 3.05) is 13.1 Å². The highest BCUT2D eigenvalue weighted by atomic mass is 35.5. The average Bonchev–Trinajstić information content (AvgIpc) is 2.42. The zero-order valence-electron chi connectivity index (χ0n) is 12.5. The Morgan fingerprint density at radius 1 is 1.43 bits per heavy atom. The first kappa shape index (κ1) is 19.7. The van der Waals surface area contributed by atoms with Crippen molar-refractivity contribution in [1.29, 1.82) is 0 Å². The van der Waals surface area contributed by atoms with E-state index in [0.717, 1.165) is 5.56 Å². The third-order valence-corrected chi connectivity index (χ3v) is 2.72. The van der Waals surface area contributed by atoms with Crippen molar-refractivity contribution in [1.82, 2.24) is 5.32 Å². The van der Waals surface area contributed by atoms with Gasteiger partial charge in [0.2, 0.25) is 5.91 Å². The molecule has 0 bridgehead atoms. The number of aliphatic hydroxyl groups is 1. The number of ether oxygens (including phenoxy) is 1. The van der Waals surface area contributed by atoms with Crippen molar-refractivity contribution >= 4 is 18.3 Å². The number of hydrogen-bond acceptors (Lipinski definition) is 4. The van der Waals surface area contributed by atoms with Gasteiger partial charge in [0.25, 0.3) is 0 Å². The van der Waals surface area contributed by atoms with Gasteiger partial charge >= 0.3 is 0 Å². The predicted molar refractivity (Wildman–Crippen MR) is 85.7 cm³/mol. The highest BCUT2D eigenvalue weighted by Crippen LogP contribution is 2.19. The number of rotatable bonds is 8. The molecule has 1 aromatic carbocycles. The first-order chi connectivity index (χ1) is 9.52. The third-order valence-electron chi connectivity index (χ3n) is 2.72. The molecule has 0 aliphatic carbocycles. The lowest BCUT2D eigenvalue weighted by Crippen LogP contribution is -2.28. The van der Waals surface area contributed by atoms with E-state index < -0.39 is 6.10 Å². The van der Waals surface area contributed by atoms with Gasteiger partial charge in [-0.1, -0.05) is 12.1 Å². The molecule has 0 aromatic heterocycles. The maximum absolute atomic E-state index is 11.4. The summed E-state index contributed by atoms with van der Waals surface area (Å²) in [5.74, 6) is 0.620. The van der Waals surface area contributed by atoms with Gasteiger partial charge in [-0.05, 0) is 44.5 Å². The summed E-state index contributed by atoms with van der Waals surface area (Å²) in [5.41, 5.74) is 6.06. The summed E-state index contributed by atoms with van der Waals surface area (Å²) in [5, 5.41) is 12.7. The number of carbonyl (C=O) groups excluding carboxylic acids is 1. The summed E-state index contributed by atoms with van der Waals surface area (Å²) in [4.78, 5) is 11.4. The minimum Gasteiger partial charge on any atom is -0.491 e. The Bertz CT molecular complexity index is 427. The summed E-state index contributed by atoms with van der Waals surface area (Å²) in [6, 6.07) is 7.27. The largest absolute Gasteiger partial charge is 0.491 e. The molecule has 120 valence electrons. The topological polar surface area (TPSA) is 84.6 Å². The van der Waals surface area contributed by atoms with Gasteiger partial charge in [-0.15, -0.1) is 12.4 Å². The molecular weight excluding hydrogens is 292 g/mol. The molecule has 0 radical (unpaired) electrons. The number of nitrogens with one attached hydrogen (secondary N) is 1. The number of hydrogen-bond donors (Lipinski definition) is 3. The maximum Gasteiger partial charge on any atom is 0.220 e. The van der Waals surface area contributed by atoms with Crippen LogP contribution in [0.15, 0.2) is 24.3 Å². The van der Waals surface area contributed by atoms with Crippen LogP contribution in [0.25, 0.3) is 0 Å². The van der Waals surface area contributed by atoms with Crippen LogP contribution in [-0.2, 0) is 4.79 Å². The van der Waals surface area contributed by atoms with Gasteiger partial charge in [0.1, 0.15) is 5.75 Å². The Labute approximate surface area is 132 Å². The van der Waals surface area contributed by atoms with Crippen LogP contribution in [0, 0.1) is 0 Å². The van der Waals surface area contributed by atoms with Gasteiger partial charge in [-0.25, -0.2) is 0 Å². The van der Waals surface area contributed by atoms with E-state index in [4.69, 9.17) is 10.5 Å². The molecule has 0 aliphatic heterocycles. The summed E-state index contributed by atoms with van der Waals surface area (Å²) >= 11 is 0. The predicted octanol–water partition coefficient (Wildman–Crippen LogP) is 1.78. The van der Waals surface area contributed by atoms with E-state index in [-0.39, 0.29) is 31.0 Å². The van der Waals surface area contributed by atoms with E-state index in [1.165, 1.54) is 0 Å². The molecular formula is C15H25ClN2O3. The summed E-state index contributed by atoms with van der Waals surface area (Å²) in [6.45, 7) is 4.57. The van der Waals surface area contributed by atoms with Crippen LogP contribution in [0.1, 0.15) is 38.4 Å². The fourth-order valence-corrected chi connectivity index (χ4v) is 1.75. The molecule has 4 N–H and O–H groups in total. The molecule has 1 amide bonds. The molecule has 0 spiro atoms. The van der Waals surface area contributed by atoms with E-state index >= 15 is 0 Å². The molecule has 6 heteroatoms. The lowest BCUT2D eigenvalue weighted by atomic mass is 10.1. The van der Waals surface area contributed by atoms with Gasteiger partial charge < -0.3 is 20.9 Å². The van der Waals surface area contributed by atoms with Crippen LogP contribution in [0.2, 0.25) is 0 Å². The van der Waals surface area contributed by atoms with Crippen molar-refractivity contribution in [3.63, 3.8) is 0 Å². The number of benzene rings is 1. The monoisotopic (exact) mass is 316 g/mol. The summed E-state index contributed by atoms with van der Waals surface area (Å²) < 4.78 is 5.57. The zero-order chi connectivity index (χ0) is 15.0. The molecule has 5 nitrogen and oxygen atoms in total. The number of carbonyl (C=O) groups is 1. The van der Waals surface area contributed by atoms with E-state index in [1.807, 2.05) is 32.0 Å². The highest BCUT2D eigenvalue weighted by Gasteiger charge is 2.10. The number of aliphatic hydroxyl groups excluding tert-OH is 1. The van der Waals surface area contributed by atoms with Crippen LogP contribution in [0.3, 0.4) is 0 Å². The van der Waals surface area contributed by atoms with Crippen molar-refractivity contribution in [2.45, 2.75) is 38.9 Å². The zero-order valence-corrected chi connectivity index (χ0v) is 13.4. The van der Waals surface area contributed by atoms with Gasteiger partial charge in [-0.2, -0.15) is 0 Å². The second kappa shape index (κ2) is 10.4. The van der Waals surface area contributed by atoms with Crippen molar-refractivity contribution < 1.29 is 14.6 Å². The van der Waals surface area contributed by atoms with E-state index in [0.29, 0.717) is 25.1 Å². The summed E-state index contributed by atoms with van der Waals surface area (Å²) in [7, 11) is 0. The fraction of sp³-hybridized carbons (Fsp3) is 0.533. The van der Waals surface area contributed by atoms with Gasteiger partial charge in [0.05, 0.1) is 12.2 Å². The van der Waals surface area contributed by atoms with Crippen molar-refractivity contribution in [3.05, 3.63) is 29.8 Å². The first-order valence-electron chi connectivity index (χ1n) is 6.94. The lowest BCUT2D eigenvalue weighted by molar-refractivity contribution is -0.121. The number of nitrogens with two attached hydrogens (primary N) is 1. The normalized spacial score (nSPS) is 11.7. The fourth-order valence-electron chi connectivity index (χ4n) is 1.75. The van der Waals surface area contributed by atoms with Crippen LogP contribution in [0.4, 0.5) is 0 Å². The second-order valence-electron chi connectivity index (χ2n) is 4.95. The van der Waals surface area contributed by atoms with Crippen LogP contribution >= 0.6 is 12.4 Å². The number of halogens is 1. The van der Waals surface area contributed by atoms with E-state index in [2.05, 4.69) is 5.32 Å². The Morgan fingerprint density at radius 2 is 2.14 bits per heavy atom. The van der Waals surface area contributed by atoms with Crippen LogP contribution < -0.4 is 15.8 Å². The standard InChI is InChI=1S/C15H24N2O3.ClH/c1-11(2)20-13-6-3-5-12(9-13)14(18)10-17-15(19)7-4-8-16;/h3,5-6,9,11,14,18H,4,7-8,10,16H2,1-2H3,(H,17,19);1H. The Kier molecular flexibility index (Phi) is 9.78. The SMILES string of the molecule is CC(C)Oc1cccc(C(O)CNC(=O)CCCN)c1.Cl.